The minimum atomic E-state index is -0.844. The summed E-state index contributed by atoms with van der Waals surface area (Å²) in [6.07, 6.45) is 47.8. The van der Waals surface area contributed by atoms with Crippen molar-refractivity contribution in [1.82, 2.24) is 10.2 Å². The third-order valence-corrected chi connectivity index (χ3v) is 16.3. The maximum Gasteiger partial charge on any atom is 0.335 e. The van der Waals surface area contributed by atoms with Gasteiger partial charge in [-0.2, -0.15) is 0 Å². The highest BCUT2D eigenvalue weighted by Crippen LogP contribution is 2.77. The van der Waals surface area contributed by atoms with E-state index in [4.69, 9.17) is 0 Å². The van der Waals surface area contributed by atoms with Crippen LogP contribution in [0.15, 0.2) is 43.0 Å². The van der Waals surface area contributed by atoms with E-state index in [0.717, 1.165) is 24.2 Å². The summed E-state index contributed by atoms with van der Waals surface area (Å²) in [5.74, 6) is 2.38. The van der Waals surface area contributed by atoms with Crippen molar-refractivity contribution in [2.45, 2.75) is 131 Å². The largest absolute Gasteiger partial charge is 0.478 e. The van der Waals surface area contributed by atoms with Gasteiger partial charge in [0.1, 0.15) is 0 Å². The predicted octanol–water partition coefficient (Wildman–Crippen LogP) is 11.6. The van der Waals surface area contributed by atoms with Gasteiger partial charge in [-0.1, -0.05) is 71.7 Å². The van der Waals surface area contributed by atoms with E-state index in [1.807, 2.05) is 6.92 Å². The molecule has 0 bridgehead atoms. The number of benzene rings is 1. The van der Waals surface area contributed by atoms with Crippen LogP contribution in [0.2, 0.25) is 0 Å². The van der Waals surface area contributed by atoms with Gasteiger partial charge in [-0.15, -0.1) is 45.1 Å². The van der Waals surface area contributed by atoms with E-state index in [0.29, 0.717) is 33.1 Å². The van der Waals surface area contributed by atoms with Gasteiger partial charge in [0.25, 0.3) is 0 Å². The molecule has 4 heteroatoms. The molecule has 0 radical (unpaired) electrons. The number of carboxylic acids is 1. The van der Waals surface area contributed by atoms with Crippen molar-refractivity contribution in [3.05, 3.63) is 54.1 Å². The number of terminal acetylenes is 3. The molecule has 0 aromatic heterocycles. The first-order valence-corrected chi connectivity index (χ1v) is 21.4. The van der Waals surface area contributed by atoms with E-state index in [2.05, 4.69) is 108 Å². The molecule has 55 heavy (non-hydrogen) atoms. The van der Waals surface area contributed by atoms with Crippen LogP contribution in [-0.2, 0) is 0 Å². The van der Waals surface area contributed by atoms with Gasteiger partial charge in [0.15, 0.2) is 0 Å². The number of hydrogen-bond acceptors (Lipinski definition) is 3. The Hall–Kier alpha value is -3.23. The third-order valence-electron chi connectivity index (χ3n) is 16.3. The number of carboxylic acid groups (broad SMARTS) is 1. The highest BCUT2D eigenvalue weighted by Gasteiger charge is 2.69. The minimum Gasteiger partial charge on any atom is -0.478 e. The molecule has 4 nitrogen and oxygen atoms in total. The Morgan fingerprint density at radius 1 is 0.818 bits per heavy atom. The molecule has 0 spiro atoms. The van der Waals surface area contributed by atoms with Crippen molar-refractivity contribution in [2.75, 3.05) is 32.7 Å². The normalized spacial score (nSPS) is 35.4. The van der Waals surface area contributed by atoms with Gasteiger partial charge in [0.05, 0.1) is 5.56 Å². The quantitative estimate of drug-likeness (QED) is 0.158. The van der Waals surface area contributed by atoms with E-state index >= 15 is 0 Å². The van der Waals surface area contributed by atoms with Crippen LogP contribution in [-0.4, -0.2) is 48.7 Å². The van der Waals surface area contributed by atoms with Crippen LogP contribution in [0.25, 0.3) is 5.57 Å². The zero-order chi connectivity index (χ0) is 41.1. The summed E-state index contributed by atoms with van der Waals surface area (Å²) in [5, 5.41) is 13.5. The zero-order valence-electron chi connectivity index (χ0n) is 35.7. The lowest BCUT2D eigenvalue weighted by molar-refractivity contribution is -0.222. The predicted molar refractivity (Wildman–Crippen MR) is 235 cm³/mol. The Labute approximate surface area is 338 Å². The van der Waals surface area contributed by atoms with Crippen LogP contribution in [0.1, 0.15) is 147 Å². The van der Waals surface area contributed by atoms with E-state index in [1.165, 1.54) is 127 Å². The molecular weight excluding hydrogens is 673 g/mol. The van der Waals surface area contributed by atoms with Crippen molar-refractivity contribution < 1.29 is 9.90 Å². The van der Waals surface area contributed by atoms with Crippen LogP contribution in [0, 0.1) is 89.3 Å². The number of piperidine rings is 1. The molecule has 302 valence electrons. The lowest BCUT2D eigenvalue weighted by Crippen LogP contribution is -2.65. The summed E-state index contributed by atoms with van der Waals surface area (Å²) >= 11 is 0. The summed E-state index contributed by atoms with van der Waals surface area (Å²) < 4.78 is 0. The Balaban J connectivity index is 0.000000837. The van der Waals surface area contributed by atoms with Crippen LogP contribution < -0.4 is 5.32 Å². The van der Waals surface area contributed by atoms with Gasteiger partial charge >= 0.3 is 5.97 Å². The molecule has 4 saturated carbocycles. The molecule has 5 fully saturated rings. The average Bonchev–Trinajstić information content (AvgIpc) is 3.62. The Morgan fingerprint density at radius 2 is 1.45 bits per heavy atom. The summed E-state index contributed by atoms with van der Waals surface area (Å²) in [6, 6.07) is 7.69. The molecule has 1 aromatic carbocycles. The van der Waals surface area contributed by atoms with Gasteiger partial charge in [0.2, 0.25) is 0 Å². The van der Waals surface area contributed by atoms with Gasteiger partial charge in [-0.3, -0.25) is 0 Å². The molecule has 1 heterocycles. The smallest absolute Gasteiger partial charge is 0.335 e. The SMILES string of the molecule is C#C.C#C.C#C.C=CC.CC1(C)C(c2ccc(C(=O)O)cc2)=CC[C@@]2(C)C1CC[C@]1(C)C2CC[C@@H]2C3CCC[C@]3(CNCCCN3CCCCC3)CC[C@]21C. The number of likely N-dealkylation sites (tertiary alicyclic amines) is 1. The van der Waals surface area contributed by atoms with Gasteiger partial charge in [-0.05, 0) is 184 Å². The number of fused-ring (bicyclic) bond motifs is 7. The lowest BCUT2D eigenvalue weighted by atomic mass is 9.32. The van der Waals surface area contributed by atoms with Crippen molar-refractivity contribution >= 4 is 11.5 Å². The maximum atomic E-state index is 11.5. The first-order valence-electron chi connectivity index (χ1n) is 21.4. The monoisotopic (exact) mass is 749 g/mol. The zero-order valence-corrected chi connectivity index (χ0v) is 35.7. The van der Waals surface area contributed by atoms with Crippen LogP contribution in [0.3, 0.4) is 0 Å². The van der Waals surface area contributed by atoms with Crippen molar-refractivity contribution in [2.24, 2.45) is 50.7 Å². The second-order valence-electron chi connectivity index (χ2n) is 18.8. The Kier molecular flexibility index (Phi) is 16.6. The van der Waals surface area contributed by atoms with Crippen LogP contribution in [0.5, 0.6) is 0 Å². The first-order chi connectivity index (χ1) is 26.4. The average molecular weight is 749 g/mol. The van der Waals surface area contributed by atoms with E-state index in [1.54, 1.807) is 18.2 Å². The number of nitrogens with one attached hydrogen (secondary N) is 1. The van der Waals surface area contributed by atoms with Crippen LogP contribution >= 0.6 is 0 Å². The number of aromatic carboxylic acids is 1. The van der Waals surface area contributed by atoms with E-state index in [-0.39, 0.29) is 5.41 Å². The van der Waals surface area contributed by atoms with Gasteiger partial charge in [-0.25, -0.2) is 4.79 Å². The summed E-state index contributed by atoms with van der Waals surface area (Å²) in [4.78, 5) is 14.2. The number of carbonyl (C=O) groups is 1. The number of nitrogens with zero attached hydrogens (tertiary/aromatic N) is 1. The molecule has 3 unspecified atom stereocenters. The highest BCUT2D eigenvalue weighted by atomic mass is 16.4. The fourth-order valence-corrected chi connectivity index (χ4v) is 13.8. The summed E-state index contributed by atoms with van der Waals surface area (Å²) in [7, 11) is 0. The molecule has 5 aliphatic carbocycles. The van der Waals surface area contributed by atoms with Gasteiger partial charge in [0, 0.05) is 6.54 Å². The topological polar surface area (TPSA) is 52.6 Å². The second-order valence-corrected chi connectivity index (χ2v) is 18.8. The lowest BCUT2D eigenvalue weighted by Gasteiger charge is -2.72. The summed E-state index contributed by atoms with van der Waals surface area (Å²) in [6.45, 7) is 24.9. The molecule has 1 aliphatic heterocycles. The summed E-state index contributed by atoms with van der Waals surface area (Å²) in [5.41, 5.74) is 4.81. The molecule has 8 atom stereocenters. The van der Waals surface area contributed by atoms with Crippen molar-refractivity contribution in [1.29, 1.82) is 0 Å². The molecule has 1 aromatic rings. The highest BCUT2D eigenvalue weighted by molar-refractivity contribution is 5.88. The number of rotatable bonds is 8. The molecular formula is C51H76N2O2. The second kappa shape index (κ2) is 19.8. The van der Waals surface area contributed by atoms with Crippen LogP contribution in [0.4, 0.5) is 0 Å². The molecule has 0 amide bonds. The van der Waals surface area contributed by atoms with E-state index in [9.17, 15) is 9.90 Å². The third kappa shape index (κ3) is 8.71. The van der Waals surface area contributed by atoms with Crippen molar-refractivity contribution in [3.63, 3.8) is 0 Å². The van der Waals surface area contributed by atoms with Gasteiger partial charge < -0.3 is 15.3 Å². The first kappa shape index (κ1) is 46.2. The van der Waals surface area contributed by atoms with E-state index < -0.39 is 5.97 Å². The minimum absolute atomic E-state index is 0.0731. The number of allylic oxidation sites excluding steroid dienone is 3. The fraction of sp³-hybridized carbons (Fsp3) is 0.667. The molecule has 1 saturated heterocycles. The fourth-order valence-electron chi connectivity index (χ4n) is 13.8. The number of hydrogen-bond donors (Lipinski definition) is 2. The molecule has 6 aliphatic rings. The Bertz CT molecular complexity index is 1480. The Morgan fingerprint density at radius 3 is 2.07 bits per heavy atom. The van der Waals surface area contributed by atoms with Crippen molar-refractivity contribution in [3.8, 4) is 38.5 Å². The molecule has 2 N–H and O–H groups in total. The maximum absolute atomic E-state index is 11.5. The standard InChI is InChI=1S/C42H64N2O2.C3H6.3C2H2/c1-38(2)32(30-12-14-31(15-13-30)37(45)46)18-21-39(3)35(38)19-22-41(5)36(39)17-16-33-34-11-9-20-42(34,24-23-40(33,41)4)29-43-25-10-28-44-26-7-6-8-27-44;1-3-2;3*1-2/h12-15,18,33-36,43H,6-11,16-17,19-29H2,1-5H3,(H,45,46);3H,1H2,2H3;3*1-2H/t33-,34?,35?,36?,39+,40-,41-,42-;;;;/m1..../s1. The molecule has 7 rings (SSSR count).